The van der Waals surface area contributed by atoms with E-state index in [1.807, 2.05) is 0 Å². The van der Waals surface area contributed by atoms with Gasteiger partial charge in [0.15, 0.2) is 0 Å². The van der Waals surface area contributed by atoms with Crippen LogP contribution in [0.15, 0.2) is 0 Å². The first kappa shape index (κ1) is 14.6. The second-order valence-electron chi connectivity index (χ2n) is 4.26. The minimum atomic E-state index is -4.06. The number of ether oxygens (including phenoxy) is 1. The molecule has 1 heterocycles. The van der Waals surface area contributed by atoms with E-state index < -0.39 is 13.8 Å². The van der Waals surface area contributed by atoms with E-state index in [1.54, 1.807) is 0 Å². The Kier molecular flexibility index (Phi) is 5.59. The fourth-order valence-corrected chi connectivity index (χ4v) is 2.20. The molecule has 2 N–H and O–H groups in total. The second kappa shape index (κ2) is 6.50. The topological polar surface area (TPSA) is 87.1 Å². The van der Waals surface area contributed by atoms with Gasteiger partial charge in [-0.15, -0.1) is 0 Å². The number of esters is 1. The lowest BCUT2D eigenvalue weighted by Crippen LogP contribution is -2.36. The summed E-state index contributed by atoms with van der Waals surface area (Å²) in [6.45, 7) is 4.64. The third-order valence-corrected chi connectivity index (χ3v) is 3.76. The first-order chi connectivity index (χ1) is 7.92. The number of hydrogen-bond donors (Lipinski definition) is 2. The summed E-state index contributed by atoms with van der Waals surface area (Å²) in [5.74, 6) is -0.441. The Morgan fingerprint density at radius 3 is 2.47 bits per heavy atom. The molecule has 0 radical (unpaired) electrons. The first-order valence-electron chi connectivity index (χ1n) is 5.86. The number of carbonyl (C=O) groups excluding carboxylic acids is 1. The number of nitrogens with zero attached hydrogens (tertiary/aromatic N) is 1. The number of hydrogen-bond acceptors (Lipinski definition) is 4. The highest BCUT2D eigenvalue weighted by atomic mass is 31.2. The van der Waals surface area contributed by atoms with E-state index in [0.29, 0.717) is 0 Å². The van der Waals surface area contributed by atoms with Crippen LogP contribution in [0.3, 0.4) is 0 Å². The average molecular weight is 265 g/mol. The van der Waals surface area contributed by atoms with Crippen molar-refractivity contribution in [2.24, 2.45) is 5.92 Å². The van der Waals surface area contributed by atoms with E-state index in [2.05, 4.69) is 11.8 Å². The molecule has 0 atom stereocenters. The van der Waals surface area contributed by atoms with Gasteiger partial charge >= 0.3 is 13.6 Å². The van der Waals surface area contributed by atoms with Gasteiger partial charge < -0.3 is 19.4 Å². The van der Waals surface area contributed by atoms with Gasteiger partial charge in [-0.2, -0.15) is 0 Å². The molecule has 1 fully saturated rings. The van der Waals surface area contributed by atoms with Crippen LogP contribution in [0.1, 0.15) is 19.8 Å². The highest BCUT2D eigenvalue weighted by molar-refractivity contribution is 7.51. The molecule has 0 aromatic carbocycles. The van der Waals surface area contributed by atoms with Crippen molar-refractivity contribution in [3.8, 4) is 0 Å². The Morgan fingerprint density at radius 1 is 1.41 bits per heavy atom. The molecule has 100 valence electrons. The van der Waals surface area contributed by atoms with Crippen molar-refractivity contribution in [2.75, 3.05) is 32.4 Å². The molecule has 17 heavy (non-hydrogen) atoms. The van der Waals surface area contributed by atoms with Gasteiger partial charge in [0.2, 0.25) is 0 Å². The molecular formula is C10H20NO5P. The van der Waals surface area contributed by atoms with Gasteiger partial charge in [0.25, 0.3) is 0 Å². The summed E-state index contributed by atoms with van der Waals surface area (Å²) in [6.07, 6.45) is 1.14. The third kappa shape index (κ3) is 5.64. The van der Waals surface area contributed by atoms with E-state index in [1.165, 1.54) is 0 Å². The summed E-state index contributed by atoms with van der Waals surface area (Å²) in [5, 5.41) is 0. The Morgan fingerprint density at radius 2 is 2.00 bits per heavy atom. The number of carbonyl (C=O) groups is 1. The van der Waals surface area contributed by atoms with Crippen LogP contribution in [-0.2, 0) is 14.1 Å². The molecule has 0 unspecified atom stereocenters. The van der Waals surface area contributed by atoms with Gasteiger partial charge in [-0.1, -0.05) is 6.92 Å². The molecule has 1 aliphatic heterocycles. The highest BCUT2D eigenvalue weighted by Crippen LogP contribution is 2.33. The quantitative estimate of drug-likeness (QED) is 0.554. The summed E-state index contributed by atoms with van der Waals surface area (Å²) in [7, 11) is -4.06. The van der Waals surface area contributed by atoms with E-state index in [0.717, 1.165) is 32.5 Å². The maximum Gasteiger partial charge on any atom is 0.328 e. The predicted molar refractivity (Wildman–Crippen MR) is 62.7 cm³/mol. The molecule has 1 rings (SSSR count). The Labute approximate surface area is 101 Å². The number of piperidine rings is 1. The second-order valence-corrected chi connectivity index (χ2v) is 6.04. The van der Waals surface area contributed by atoms with Crippen LogP contribution in [0.4, 0.5) is 0 Å². The van der Waals surface area contributed by atoms with Crippen LogP contribution in [0.25, 0.3) is 0 Å². The zero-order valence-corrected chi connectivity index (χ0v) is 10.9. The Balaban J connectivity index is 2.23. The SMILES string of the molecule is CCN1CCC(C(=O)OCCP(=O)(O)O)CC1. The molecule has 1 saturated heterocycles. The summed E-state index contributed by atoms with van der Waals surface area (Å²) < 4.78 is 15.4. The number of likely N-dealkylation sites (tertiary alicyclic amines) is 1. The summed E-state index contributed by atoms with van der Waals surface area (Å²) in [6, 6.07) is 0. The fourth-order valence-electron chi connectivity index (χ4n) is 1.87. The molecule has 0 aliphatic carbocycles. The van der Waals surface area contributed by atoms with Crippen molar-refractivity contribution in [3.63, 3.8) is 0 Å². The minimum absolute atomic E-state index is 0.116. The lowest BCUT2D eigenvalue weighted by Gasteiger charge is -2.29. The third-order valence-electron chi connectivity index (χ3n) is 3.00. The zero-order chi connectivity index (χ0) is 12.9. The standard InChI is InChI=1S/C10H20NO5P/c1-2-11-5-3-9(4-6-11)10(12)16-7-8-17(13,14)15/h9H,2-8H2,1H3,(H2,13,14,15). The van der Waals surface area contributed by atoms with Crippen molar-refractivity contribution in [1.29, 1.82) is 0 Å². The van der Waals surface area contributed by atoms with Crippen LogP contribution in [0.2, 0.25) is 0 Å². The van der Waals surface area contributed by atoms with Crippen LogP contribution in [0, 0.1) is 5.92 Å². The Hall–Kier alpha value is -0.420. The van der Waals surface area contributed by atoms with Crippen LogP contribution in [0.5, 0.6) is 0 Å². The summed E-state index contributed by atoms with van der Waals surface area (Å²) >= 11 is 0. The van der Waals surface area contributed by atoms with Gasteiger partial charge in [-0.25, -0.2) is 0 Å². The monoisotopic (exact) mass is 265 g/mol. The molecule has 0 aromatic heterocycles. The van der Waals surface area contributed by atoms with E-state index >= 15 is 0 Å². The lowest BCUT2D eigenvalue weighted by atomic mass is 9.97. The zero-order valence-electron chi connectivity index (χ0n) is 10.0. The van der Waals surface area contributed by atoms with Crippen molar-refractivity contribution < 1.29 is 23.9 Å². The number of rotatable bonds is 5. The molecule has 0 bridgehead atoms. The maximum absolute atomic E-state index is 11.6. The van der Waals surface area contributed by atoms with Gasteiger partial charge in [0.05, 0.1) is 12.1 Å². The van der Waals surface area contributed by atoms with Crippen LogP contribution < -0.4 is 0 Å². The molecule has 0 spiro atoms. The largest absolute Gasteiger partial charge is 0.465 e. The molecule has 1 aliphatic rings. The van der Waals surface area contributed by atoms with Gasteiger partial charge in [-0.05, 0) is 32.5 Å². The van der Waals surface area contributed by atoms with Crippen molar-refractivity contribution in [2.45, 2.75) is 19.8 Å². The summed E-state index contributed by atoms with van der Waals surface area (Å²) in [4.78, 5) is 31.1. The smallest absolute Gasteiger partial charge is 0.328 e. The molecule has 0 aromatic rings. The van der Waals surface area contributed by atoms with Crippen LogP contribution >= 0.6 is 7.60 Å². The molecule has 7 heteroatoms. The van der Waals surface area contributed by atoms with Crippen molar-refractivity contribution in [1.82, 2.24) is 4.90 Å². The van der Waals surface area contributed by atoms with Crippen molar-refractivity contribution >= 4 is 13.6 Å². The van der Waals surface area contributed by atoms with E-state index in [9.17, 15) is 9.36 Å². The van der Waals surface area contributed by atoms with Crippen LogP contribution in [-0.4, -0.2) is 53.1 Å². The molecule has 0 saturated carbocycles. The van der Waals surface area contributed by atoms with Gasteiger partial charge in [0.1, 0.15) is 6.61 Å². The molecular weight excluding hydrogens is 245 g/mol. The molecule has 6 nitrogen and oxygen atoms in total. The average Bonchev–Trinajstić information content (AvgIpc) is 2.27. The normalized spacial score (nSPS) is 19.2. The lowest BCUT2D eigenvalue weighted by molar-refractivity contribution is -0.149. The van der Waals surface area contributed by atoms with Crippen molar-refractivity contribution in [3.05, 3.63) is 0 Å². The van der Waals surface area contributed by atoms with Gasteiger partial charge in [0, 0.05) is 0 Å². The fraction of sp³-hybridized carbons (Fsp3) is 0.900. The first-order valence-corrected chi connectivity index (χ1v) is 7.65. The van der Waals surface area contributed by atoms with E-state index in [-0.39, 0.29) is 18.5 Å². The van der Waals surface area contributed by atoms with E-state index in [4.69, 9.17) is 14.5 Å². The maximum atomic E-state index is 11.6. The highest BCUT2D eigenvalue weighted by Gasteiger charge is 2.26. The predicted octanol–water partition coefficient (Wildman–Crippen LogP) is 0.439. The summed E-state index contributed by atoms with van der Waals surface area (Å²) in [5.41, 5.74) is 0. The minimum Gasteiger partial charge on any atom is -0.465 e. The molecule has 0 amide bonds. The Bertz CT molecular complexity index is 295. The van der Waals surface area contributed by atoms with Gasteiger partial charge in [-0.3, -0.25) is 9.36 Å².